The topological polar surface area (TPSA) is 100 Å². The van der Waals surface area contributed by atoms with Crippen LogP contribution < -0.4 is 14.8 Å². The third kappa shape index (κ3) is 4.32. The highest BCUT2D eigenvalue weighted by atomic mass is 32.2. The van der Waals surface area contributed by atoms with Crippen LogP contribution in [0.3, 0.4) is 0 Å². The molecule has 4 rings (SSSR count). The Kier molecular flexibility index (Phi) is 5.64. The lowest BCUT2D eigenvalue weighted by atomic mass is 10.0. The second-order valence-corrected chi connectivity index (χ2v) is 8.63. The van der Waals surface area contributed by atoms with E-state index in [4.69, 9.17) is 14.2 Å². The van der Waals surface area contributed by atoms with Crippen molar-refractivity contribution in [3.63, 3.8) is 0 Å². The lowest BCUT2D eigenvalue weighted by Gasteiger charge is -2.30. The molecule has 156 valence electrons. The van der Waals surface area contributed by atoms with Crippen molar-refractivity contribution in [2.45, 2.75) is 37.5 Å². The third-order valence-electron chi connectivity index (χ3n) is 5.27. The summed E-state index contributed by atoms with van der Waals surface area (Å²) in [5.41, 5.74) is -0.0114. The predicted molar refractivity (Wildman–Crippen MR) is 107 cm³/mol. The number of fused-ring (bicyclic) bond motifs is 1. The maximum absolute atomic E-state index is 11.5. The Hall–Kier alpha value is -2.33. The van der Waals surface area contributed by atoms with Crippen molar-refractivity contribution in [2.75, 3.05) is 26.2 Å². The summed E-state index contributed by atoms with van der Waals surface area (Å²) in [6.07, 6.45) is 4.66. The van der Waals surface area contributed by atoms with Crippen LogP contribution in [0.15, 0.2) is 18.2 Å². The molecule has 0 saturated heterocycles. The highest BCUT2D eigenvalue weighted by Crippen LogP contribution is 2.38. The molecule has 0 bridgehead atoms. The molecule has 0 amide bonds. The molecule has 2 aliphatic rings. The maximum Gasteiger partial charge on any atom is 0.302 e. The van der Waals surface area contributed by atoms with Gasteiger partial charge in [0, 0.05) is 24.8 Å². The van der Waals surface area contributed by atoms with Gasteiger partial charge in [0.05, 0.1) is 5.69 Å². The van der Waals surface area contributed by atoms with E-state index in [1.54, 1.807) is 4.68 Å². The molecule has 2 unspecified atom stereocenters. The molecule has 0 radical (unpaired) electrons. The fourth-order valence-corrected chi connectivity index (χ4v) is 4.31. The Balaban J connectivity index is 1.62. The number of tetrazole rings is 1. The van der Waals surface area contributed by atoms with Crippen LogP contribution in [0.25, 0.3) is 5.69 Å². The van der Waals surface area contributed by atoms with Crippen molar-refractivity contribution in [3.05, 3.63) is 24.0 Å². The van der Waals surface area contributed by atoms with Crippen LogP contribution in [0.5, 0.6) is 11.5 Å². The van der Waals surface area contributed by atoms with Crippen molar-refractivity contribution in [3.8, 4) is 17.2 Å². The largest absolute Gasteiger partial charge is 0.463 e. The normalized spacial score (nSPS) is 18.3. The minimum atomic E-state index is -0.756. The standard InChI is InChI=1S/C19H25N5O4S/c1-12(25)26-10-19(2,20-9-17(29-3)13-4-5-13)18-21-22-23-24(18)14-6-7-15-16(8-14)28-11-27-15/h6-8,13,17,20H,4-5,9-11H2,1-3H3. The van der Waals surface area contributed by atoms with Crippen LogP contribution in [-0.4, -0.2) is 57.6 Å². The number of benzene rings is 1. The Bertz CT molecular complexity index is 887. The van der Waals surface area contributed by atoms with Gasteiger partial charge in [-0.1, -0.05) is 0 Å². The monoisotopic (exact) mass is 419 g/mol. The van der Waals surface area contributed by atoms with Crippen molar-refractivity contribution in [2.24, 2.45) is 5.92 Å². The molecule has 1 aromatic carbocycles. The third-order valence-corrected chi connectivity index (χ3v) is 6.43. The summed E-state index contributed by atoms with van der Waals surface area (Å²) in [4.78, 5) is 11.5. The summed E-state index contributed by atoms with van der Waals surface area (Å²) in [6, 6.07) is 5.54. The highest BCUT2D eigenvalue weighted by Gasteiger charge is 2.38. The first-order valence-electron chi connectivity index (χ1n) is 9.60. The van der Waals surface area contributed by atoms with E-state index in [0.29, 0.717) is 22.6 Å². The van der Waals surface area contributed by atoms with E-state index < -0.39 is 5.54 Å². The maximum atomic E-state index is 11.5. The average Bonchev–Trinajstić information content (AvgIpc) is 3.24. The number of esters is 1. The smallest absolute Gasteiger partial charge is 0.302 e. The molecule has 1 saturated carbocycles. The molecule has 29 heavy (non-hydrogen) atoms. The fraction of sp³-hybridized carbons (Fsp3) is 0.579. The predicted octanol–water partition coefficient (Wildman–Crippen LogP) is 1.90. The number of carbonyl (C=O) groups is 1. The van der Waals surface area contributed by atoms with E-state index in [-0.39, 0.29) is 19.4 Å². The number of nitrogens with one attached hydrogen (secondary N) is 1. The second kappa shape index (κ2) is 8.19. The SMILES string of the molecule is CSC(CNC(C)(COC(C)=O)c1nnnn1-c1ccc2c(c1)OCO2)C1CC1. The Morgan fingerprint density at radius 1 is 1.41 bits per heavy atom. The Morgan fingerprint density at radius 3 is 2.93 bits per heavy atom. The van der Waals surface area contributed by atoms with Gasteiger partial charge in [-0.2, -0.15) is 16.4 Å². The summed E-state index contributed by atoms with van der Waals surface area (Å²) in [5.74, 6) is 2.29. The molecule has 1 fully saturated rings. The first-order chi connectivity index (χ1) is 14.0. The summed E-state index contributed by atoms with van der Waals surface area (Å²) in [5, 5.41) is 16.4. The number of rotatable bonds is 9. The van der Waals surface area contributed by atoms with Gasteiger partial charge in [-0.25, -0.2) is 0 Å². The fourth-order valence-electron chi connectivity index (χ4n) is 3.40. The number of hydrogen-bond acceptors (Lipinski definition) is 9. The van der Waals surface area contributed by atoms with Crippen LogP contribution in [0.2, 0.25) is 0 Å². The molecule has 2 aromatic rings. The van der Waals surface area contributed by atoms with Gasteiger partial charge in [-0.15, -0.1) is 5.10 Å². The number of nitrogens with zero attached hydrogens (tertiary/aromatic N) is 4. The number of carbonyl (C=O) groups excluding carboxylic acids is 1. The Labute approximate surface area is 173 Å². The molecule has 1 aliphatic heterocycles. The Morgan fingerprint density at radius 2 is 2.21 bits per heavy atom. The second-order valence-electron chi connectivity index (χ2n) is 7.56. The summed E-state index contributed by atoms with van der Waals surface area (Å²) < 4.78 is 17.9. The number of aromatic nitrogens is 4. The van der Waals surface area contributed by atoms with Crippen LogP contribution >= 0.6 is 11.8 Å². The van der Waals surface area contributed by atoms with Crippen LogP contribution in [-0.2, 0) is 15.1 Å². The molecule has 2 atom stereocenters. The van der Waals surface area contributed by atoms with Crippen molar-refractivity contribution < 1.29 is 19.0 Å². The average molecular weight is 420 g/mol. The summed E-state index contributed by atoms with van der Waals surface area (Å²) in [6.45, 7) is 4.45. The lowest BCUT2D eigenvalue weighted by Crippen LogP contribution is -2.48. The summed E-state index contributed by atoms with van der Waals surface area (Å²) in [7, 11) is 0. The molecule has 1 aromatic heterocycles. The van der Waals surface area contributed by atoms with Gasteiger partial charge < -0.3 is 19.5 Å². The van der Waals surface area contributed by atoms with Gasteiger partial charge in [-0.3, -0.25) is 4.79 Å². The number of thioether (sulfide) groups is 1. The van der Waals surface area contributed by atoms with Gasteiger partial charge >= 0.3 is 5.97 Å². The van der Waals surface area contributed by atoms with E-state index in [1.165, 1.54) is 19.8 Å². The van der Waals surface area contributed by atoms with Gasteiger partial charge in [0.25, 0.3) is 0 Å². The number of ether oxygens (including phenoxy) is 3. The van der Waals surface area contributed by atoms with Crippen molar-refractivity contribution in [1.29, 1.82) is 0 Å². The minimum Gasteiger partial charge on any atom is -0.463 e. The molecule has 0 spiro atoms. The molecular weight excluding hydrogens is 394 g/mol. The molecule has 10 heteroatoms. The van der Waals surface area contributed by atoms with E-state index in [1.807, 2.05) is 36.9 Å². The van der Waals surface area contributed by atoms with Crippen LogP contribution in [0, 0.1) is 5.92 Å². The molecular formula is C19H25N5O4S. The molecule has 1 N–H and O–H groups in total. The van der Waals surface area contributed by atoms with Gasteiger partial charge in [0.2, 0.25) is 6.79 Å². The first-order valence-corrected chi connectivity index (χ1v) is 10.9. The first kappa shape index (κ1) is 20.0. The lowest BCUT2D eigenvalue weighted by molar-refractivity contribution is -0.143. The zero-order chi connectivity index (χ0) is 20.4. The van der Waals surface area contributed by atoms with E-state index in [9.17, 15) is 4.79 Å². The molecule has 2 heterocycles. The quantitative estimate of drug-likeness (QED) is 0.611. The zero-order valence-electron chi connectivity index (χ0n) is 16.8. The number of hydrogen-bond donors (Lipinski definition) is 1. The van der Waals surface area contributed by atoms with Crippen molar-refractivity contribution >= 4 is 17.7 Å². The minimum absolute atomic E-state index is 0.124. The van der Waals surface area contributed by atoms with Gasteiger partial charge in [0.1, 0.15) is 12.1 Å². The van der Waals surface area contributed by atoms with E-state index >= 15 is 0 Å². The van der Waals surface area contributed by atoms with E-state index in [2.05, 4.69) is 27.1 Å². The molecule has 9 nitrogen and oxygen atoms in total. The summed E-state index contributed by atoms with van der Waals surface area (Å²) >= 11 is 1.86. The van der Waals surface area contributed by atoms with Crippen molar-refractivity contribution in [1.82, 2.24) is 25.5 Å². The van der Waals surface area contributed by atoms with E-state index in [0.717, 1.165) is 18.2 Å². The van der Waals surface area contributed by atoms with Gasteiger partial charge in [-0.05, 0) is 54.5 Å². The zero-order valence-corrected chi connectivity index (χ0v) is 17.6. The van der Waals surface area contributed by atoms with Gasteiger partial charge in [0.15, 0.2) is 17.3 Å². The highest BCUT2D eigenvalue weighted by molar-refractivity contribution is 7.99. The molecule has 1 aliphatic carbocycles. The van der Waals surface area contributed by atoms with Crippen LogP contribution in [0.1, 0.15) is 32.5 Å². The van der Waals surface area contributed by atoms with Crippen LogP contribution in [0.4, 0.5) is 0 Å².